The Bertz CT molecular complexity index is 789. The fraction of sp³-hybridized carbons (Fsp3) is 0.0714. The van der Waals surface area contributed by atoms with E-state index in [1.165, 1.54) is 13.4 Å². The topological polar surface area (TPSA) is 83.0 Å². The van der Waals surface area contributed by atoms with Gasteiger partial charge in [-0.15, -0.1) is 0 Å². The van der Waals surface area contributed by atoms with Gasteiger partial charge in [-0.05, 0) is 24.3 Å². The molecule has 0 spiro atoms. The number of pyridine rings is 1. The molecule has 20 heavy (non-hydrogen) atoms. The molecular weight excluding hydrogens is 256 g/mol. The van der Waals surface area contributed by atoms with Crippen LogP contribution in [0.1, 0.15) is 10.5 Å². The van der Waals surface area contributed by atoms with Crippen LogP contribution in [0.2, 0.25) is 0 Å². The van der Waals surface area contributed by atoms with Crippen molar-refractivity contribution in [3.63, 3.8) is 0 Å². The summed E-state index contributed by atoms with van der Waals surface area (Å²) in [6, 6.07) is 9.47. The zero-order valence-electron chi connectivity index (χ0n) is 10.8. The first-order chi connectivity index (χ1) is 9.72. The van der Waals surface area contributed by atoms with E-state index in [0.717, 1.165) is 16.6 Å². The van der Waals surface area contributed by atoms with Crippen LogP contribution in [0.25, 0.3) is 16.6 Å². The predicted molar refractivity (Wildman–Crippen MR) is 74.6 cm³/mol. The Balaban J connectivity index is 2.22. The molecule has 0 saturated heterocycles. The zero-order valence-corrected chi connectivity index (χ0v) is 10.8. The molecule has 0 radical (unpaired) electrons. The molecule has 100 valence electrons. The maximum atomic E-state index is 11.6. The number of anilines is 1. The quantitative estimate of drug-likeness (QED) is 0.716. The normalized spacial score (nSPS) is 10.7. The molecule has 0 aliphatic carbocycles. The van der Waals surface area contributed by atoms with Crippen LogP contribution in [-0.2, 0) is 4.74 Å². The third kappa shape index (κ3) is 1.78. The number of carbonyl (C=O) groups excluding carboxylic acids is 1. The molecule has 3 rings (SSSR count). The van der Waals surface area contributed by atoms with E-state index in [9.17, 15) is 4.79 Å². The van der Waals surface area contributed by atoms with Gasteiger partial charge in [-0.1, -0.05) is 6.07 Å². The smallest absolute Gasteiger partial charge is 0.360 e. The number of carbonyl (C=O) groups is 1. The van der Waals surface area contributed by atoms with Crippen LogP contribution in [0.3, 0.4) is 0 Å². The SMILES string of the molecule is COC(=O)c1ncn(-c2cccc3ncccc23)c1N. The molecule has 2 heterocycles. The molecule has 2 N–H and O–H groups in total. The second-order valence-electron chi connectivity index (χ2n) is 4.19. The Labute approximate surface area is 114 Å². The Hall–Kier alpha value is -2.89. The Kier molecular flexibility index (Phi) is 2.83. The number of nitrogen functional groups attached to an aromatic ring is 1. The lowest BCUT2D eigenvalue weighted by molar-refractivity contribution is 0.0596. The van der Waals surface area contributed by atoms with Crippen molar-refractivity contribution in [2.75, 3.05) is 12.8 Å². The van der Waals surface area contributed by atoms with Crippen molar-refractivity contribution >= 4 is 22.7 Å². The van der Waals surface area contributed by atoms with Crippen LogP contribution < -0.4 is 5.73 Å². The molecule has 6 nitrogen and oxygen atoms in total. The highest BCUT2D eigenvalue weighted by Gasteiger charge is 2.17. The van der Waals surface area contributed by atoms with Crippen molar-refractivity contribution in [2.24, 2.45) is 0 Å². The van der Waals surface area contributed by atoms with Gasteiger partial charge in [0, 0.05) is 11.6 Å². The molecule has 0 bridgehead atoms. The highest BCUT2D eigenvalue weighted by atomic mass is 16.5. The fourth-order valence-electron chi connectivity index (χ4n) is 2.10. The Morgan fingerprint density at radius 2 is 2.10 bits per heavy atom. The summed E-state index contributed by atoms with van der Waals surface area (Å²) in [5.41, 5.74) is 7.75. The lowest BCUT2D eigenvalue weighted by Gasteiger charge is -2.08. The lowest BCUT2D eigenvalue weighted by Crippen LogP contribution is -2.07. The predicted octanol–water partition coefficient (Wildman–Crippen LogP) is 1.79. The van der Waals surface area contributed by atoms with E-state index in [0.29, 0.717) is 0 Å². The Morgan fingerprint density at radius 3 is 2.90 bits per heavy atom. The number of nitrogens with two attached hydrogens (primary N) is 1. The van der Waals surface area contributed by atoms with Crippen LogP contribution >= 0.6 is 0 Å². The van der Waals surface area contributed by atoms with E-state index in [-0.39, 0.29) is 11.5 Å². The molecule has 2 aromatic heterocycles. The number of esters is 1. The average molecular weight is 268 g/mol. The van der Waals surface area contributed by atoms with E-state index in [4.69, 9.17) is 5.73 Å². The molecule has 0 atom stereocenters. The first-order valence-electron chi connectivity index (χ1n) is 5.97. The molecule has 0 saturated carbocycles. The van der Waals surface area contributed by atoms with Gasteiger partial charge >= 0.3 is 5.97 Å². The second-order valence-corrected chi connectivity index (χ2v) is 4.19. The number of imidazole rings is 1. The van der Waals surface area contributed by atoms with E-state index >= 15 is 0 Å². The van der Waals surface area contributed by atoms with Gasteiger partial charge in [0.25, 0.3) is 0 Å². The number of hydrogen-bond acceptors (Lipinski definition) is 5. The molecule has 1 aromatic carbocycles. The van der Waals surface area contributed by atoms with Crippen molar-refractivity contribution in [1.82, 2.24) is 14.5 Å². The van der Waals surface area contributed by atoms with Crippen molar-refractivity contribution in [3.05, 3.63) is 48.5 Å². The van der Waals surface area contributed by atoms with Crippen LogP contribution in [0.4, 0.5) is 5.82 Å². The molecule has 0 aliphatic heterocycles. The van der Waals surface area contributed by atoms with Gasteiger partial charge in [-0.3, -0.25) is 9.55 Å². The van der Waals surface area contributed by atoms with Gasteiger partial charge < -0.3 is 10.5 Å². The van der Waals surface area contributed by atoms with Crippen molar-refractivity contribution in [2.45, 2.75) is 0 Å². The first kappa shape index (κ1) is 12.2. The number of hydrogen-bond donors (Lipinski definition) is 1. The third-order valence-electron chi connectivity index (χ3n) is 3.07. The van der Waals surface area contributed by atoms with Gasteiger partial charge in [0.2, 0.25) is 0 Å². The molecule has 0 aliphatic rings. The van der Waals surface area contributed by atoms with Crippen LogP contribution in [0.15, 0.2) is 42.9 Å². The monoisotopic (exact) mass is 268 g/mol. The minimum absolute atomic E-state index is 0.105. The highest BCUT2D eigenvalue weighted by molar-refractivity contribution is 5.94. The Morgan fingerprint density at radius 1 is 1.25 bits per heavy atom. The van der Waals surface area contributed by atoms with Crippen LogP contribution in [0, 0.1) is 0 Å². The molecule has 0 fully saturated rings. The van der Waals surface area contributed by atoms with Crippen LogP contribution in [-0.4, -0.2) is 27.6 Å². The summed E-state index contributed by atoms with van der Waals surface area (Å²) in [6.07, 6.45) is 3.23. The van der Waals surface area contributed by atoms with Gasteiger partial charge in [-0.2, -0.15) is 0 Å². The summed E-state index contributed by atoms with van der Waals surface area (Å²) in [5, 5.41) is 0.926. The summed E-state index contributed by atoms with van der Waals surface area (Å²) in [6.45, 7) is 0. The summed E-state index contributed by atoms with van der Waals surface area (Å²) >= 11 is 0. The minimum Gasteiger partial charge on any atom is -0.464 e. The van der Waals surface area contributed by atoms with E-state index < -0.39 is 5.97 Å². The summed E-state index contributed by atoms with van der Waals surface area (Å²) in [7, 11) is 1.29. The van der Waals surface area contributed by atoms with E-state index in [2.05, 4.69) is 14.7 Å². The largest absolute Gasteiger partial charge is 0.464 e. The number of ether oxygens (including phenoxy) is 1. The van der Waals surface area contributed by atoms with Gasteiger partial charge in [-0.25, -0.2) is 9.78 Å². The number of nitrogens with zero attached hydrogens (tertiary/aromatic N) is 3. The molecule has 0 amide bonds. The van der Waals surface area contributed by atoms with E-state index in [1.807, 2.05) is 30.3 Å². The maximum Gasteiger partial charge on any atom is 0.360 e. The van der Waals surface area contributed by atoms with Crippen molar-refractivity contribution < 1.29 is 9.53 Å². The number of aromatic nitrogens is 3. The third-order valence-corrected chi connectivity index (χ3v) is 3.07. The highest BCUT2D eigenvalue weighted by Crippen LogP contribution is 2.24. The minimum atomic E-state index is -0.556. The van der Waals surface area contributed by atoms with E-state index in [1.54, 1.807) is 10.8 Å². The summed E-state index contributed by atoms with van der Waals surface area (Å²) in [4.78, 5) is 19.9. The number of benzene rings is 1. The molecular formula is C14H12N4O2. The number of fused-ring (bicyclic) bond motifs is 1. The number of methoxy groups -OCH3 is 1. The number of rotatable bonds is 2. The van der Waals surface area contributed by atoms with Crippen molar-refractivity contribution in [3.8, 4) is 5.69 Å². The summed E-state index contributed by atoms with van der Waals surface area (Å²) < 4.78 is 6.30. The van der Waals surface area contributed by atoms with Crippen molar-refractivity contribution in [1.29, 1.82) is 0 Å². The zero-order chi connectivity index (χ0) is 14.1. The molecule has 0 unspecified atom stereocenters. The first-order valence-corrected chi connectivity index (χ1v) is 5.97. The van der Waals surface area contributed by atoms with Gasteiger partial charge in [0.05, 0.1) is 18.3 Å². The standard InChI is InChI=1S/C14H12N4O2/c1-20-14(19)12-13(15)18(8-17-12)11-6-2-5-10-9(11)4-3-7-16-10/h2-8H,15H2,1H3. The van der Waals surface area contributed by atoms with Gasteiger partial charge in [0.1, 0.15) is 12.1 Å². The van der Waals surface area contributed by atoms with Crippen LogP contribution in [0.5, 0.6) is 0 Å². The lowest BCUT2D eigenvalue weighted by atomic mass is 10.2. The fourth-order valence-corrected chi connectivity index (χ4v) is 2.10. The summed E-state index contributed by atoms with van der Waals surface area (Å²) in [5.74, 6) is -0.312. The average Bonchev–Trinajstić information content (AvgIpc) is 2.87. The molecule has 3 aromatic rings. The second kappa shape index (κ2) is 4.65. The maximum absolute atomic E-state index is 11.6. The van der Waals surface area contributed by atoms with Gasteiger partial charge in [0.15, 0.2) is 5.69 Å². The molecule has 6 heteroatoms.